The number of aromatic nitrogens is 2. The third-order valence-corrected chi connectivity index (χ3v) is 7.10. The number of fused-ring (bicyclic) bond motifs is 1. The predicted molar refractivity (Wildman–Crippen MR) is 128 cm³/mol. The summed E-state index contributed by atoms with van der Waals surface area (Å²) >= 11 is 1.56. The summed E-state index contributed by atoms with van der Waals surface area (Å²) in [6.07, 6.45) is 2.10. The van der Waals surface area contributed by atoms with Gasteiger partial charge < -0.3 is 14.5 Å². The van der Waals surface area contributed by atoms with E-state index in [2.05, 4.69) is 22.0 Å². The molecular formula is C25H25N3O3S. The first-order chi connectivity index (χ1) is 15.7. The van der Waals surface area contributed by atoms with Gasteiger partial charge in [-0.1, -0.05) is 30.3 Å². The van der Waals surface area contributed by atoms with Crippen molar-refractivity contribution in [2.45, 2.75) is 25.4 Å². The number of likely N-dealkylation sites (tertiary alicyclic amines) is 1. The first-order valence-corrected chi connectivity index (χ1v) is 11.5. The highest BCUT2D eigenvalue weighted by molar-refractivity contribution is 7.21. The molecule has 1 aliphatic heterocycles. The van der Waals surface area contributed by atoms with Crippen LogP contribution in [0.5, 0.6) is 11.5 Å². The summed E-state index contributed by atoms with van der Waals surface area (Å²) in [4.78, 5) is 24.8. The molecule has 1 fully saturated rings. The van der Waals surface area contributed by atoms with Crippen LogP contribution in [0, 0.1) is 0 Å². The Kier molecular flexibility index (Phi) is 5.68. The second-order valence-corrected chi connectivity index (χ2v) is 8.98. The summed E-state index contributed by atoms with van der Waals surface area (Å²) in [5.41, 5.74) is 2.12. The lowest BCUT2D eigenvalue weighted by molar-refractivity contribution is 0.236. The number of aromatic amines is 1. The van der Waals surface area contributed by atoms with E-state index in [1.54, 1.807) is 25.6 Å². The van der Waals surface area contributed by atoms with E-state index in [1.807, 2.05) is 42.5 Å². The normalized spacial score (nSPS) is 16.5. The molecule has 0 bridgehead atoms. The summed E-state index contributed by atoms with van der Waals surface area (Å²) in [5, 5.41) is 0.644. The maximum Gasteiger partial charge on any atom is 0.259 e. The molecule has 0 unspecified atom stereocenters. The molecule has 1 aliphatic rings. The molecule has 2 aromatic heterocycles. The van der Waals surface area contributed by atoms with Gasteiger partial charge in [-0.05, 0) is 49.2 Å². The Morgan fingerprint density at radius 2 is 1.97 bits per heavy atom. The highest BCUT2D eigenvalue weighted by Crippen LogP contribution is 2.39. The zero-order valence-corrected chi connectivity index (χ0v) is 18.9. The maximum atomic E-state index is 12.8. The second kappa shape index (κ2) is 8.76. The van der Waals surface area contributed by atoms with Gasteiger partial charge in [0.15, 0.2) is 0 Å². The molecule has 6 nitrogen and oxygen atoms in total. The summed E-state index contributed by atoms with van der Waals surface area (Å²) in [5.74, 6) is 2.36. The Bertz CT molecular complexity index is 1300. The van der Waals surface area contributed by atoms with E-state index >= 15 is 0 Å². The monoisotopic (exact) mass is 447 g/mol. The van der Waals surface area contributed by atoms with Gasteiger partial charge >= 0.3 is 0 Å². The van der Waals surface area contributed by atoms with Crippen molar-refractivity contribution in [1.82, 2.24) is 14.9 Å². The number of thiophene rings is 1. The van der Waals surface area contributed by atoms with E-state index in [9.17, 15) is 4.79 Å². The Hall–Kier alpha value is -3.16. The average molecular weight is 448 g/mol. The fourth-order valence-corrected chi connectivity index (χ4v) is 5.51. The van der Waals surface area contributed by atoms with Crippen molar-refractivity contribution in [3.05, 3.63) is 76.3 Å². The van der Waals surface area contributed by atoms with Crippen molar-refractivity contribution in [2.24, 2.45) is 0 Å². The van der Waals surface area contributed by atoms with Crippen LogP contribution in [-0.2, 0) is 6.54 Å². The first kappa shape index (κ1) is 20.7. The molecule has 164 valence electrons. The van der Waals surface area contributed by atoms with Gasteiger partial charge in [-0.3, -0.25) is 9.69 Å². The molecule has 4 aromatic rings. The highest BCUT2D eigenvalue weighted by atomic mass is 32.1. The van der Waals surface area contributed by atoms with Gasteiger partial charge in [0, 0.05) is 16.5 Å². The largest absolute Gasteiger partial charge is 0.497 e. The van der Waals surface area contributed by atoms with Gasteiger partial charge in [-0.25, -0.2) is 4.98 Å². The van der Waals surface area contributed by atoms with Crippen LogP contribution in [0.1, 0.15) is 30.3 Å². The van der Waals surface area contributed by atoms with Gasteiger partial charge in [-0.15, -0.1) is 11.3 Å². The number of H-pyrrole nitrogens is 1. The van der Waals surface area contributed by atoms with Crippen molar-refractivity contribution < 1.29 is 9.47 Å². The zero-order chi connectivity index (χ0) is 22.1. The molecule has 32 heavy (non-hydrogen) atoms. The smallest absolute Gasteiger partial charge is 0.259 e. The van der Waals surface area contributed by atoms with Crippen molar-refractivity contribution in [1.29, 1.82) is 0 Å². The van der Waals surface area contributed by atoms with Gasteiger partial charge in [0.1, 0.15) is 22.2 Å². The summed E-state index contributed by atoms with van der Waals surface area (Å²) < 4.78 is 11.1. The number of hydrogen-bond acceptors (Lipinski definition) is 6. The van der Waals surface area contributed by atoms with Gasteiger partial charge in [-0.2, -0.15) is 0 Å². The summed E-state index contributed by atoms with van der Waals surface area (Å²) in [7, 11) is 3.37. The van der Waals surface area contributed by atoms with E-state index in [1.165, 1.54) is 0 Å². The number of methoxy groups -OCH3 is 2. The Balaban J connectivity index is 1.46. The standard InChI is InChI=1S/C25H25N3O3S/c1-30-17-10-11-21(31-2)18(13-17)20-9-6-12-28(20)15-23-26-24(29)19-14-22(32-25(19)27-23)16-7-4-3-5-8-16/h3-5,7-8,10-11,13-14,20H,6,9,12,15H2,1-2H3,(H,26,27,29)/t20-/m1/s1. The van der Waals surface area contributed by atoms with E-state index in [4.69, 9.17) is 14.5 Å². The van der Waals surface area contributed by atoms with Crippen LogP contribution in [0.3, 0.4) is 0 Å². The lowest BCUT2D eigenvalue weighted by atomic mass is 10.0. The van der Waals surface area contributed by atoms with Crippen LogP contribution < -0.4 is 15.0 Å². The van der Waals surface area contributed by atoms with Crippen molar-refractivity contribution in [3.63, 3.8) is 0 Å². The third-order valence-electron chi connectivity index (χ3n) is 6.02. The van der Waals surface area contributed by atoms with E-state index in [-0.39, 0.29) is 11.6 Å². The highest BCUT2D eigenvalue weighted by Gasteiger charge is 2.29. The van der Waals surface area contributed by atoms with E-state index < -0.39 is 0 Å². The van der Waals surface area contributed by atoms with Crippen LogP contribution in [-0.4, -0.2) is 35.6 Å². The number of nitrogens with one attached hydrogen (secondary N) is 1. The lowest BCUT2D eigenvalue weighted by Gasteiger charge is -2.26. The van der Waals surface area contributed by atoms with E-state index in [0.29, 0.717) is 17.8 Å². The van der Waals surface area contributed by atoms with Crippen LogP contribution in [0.25, 0.3) is 20.7 Å². The fraction of sp³-hybridized carbons (Fsp3) is 0.280. The third kappa shape index (κ3) is 3.89. The maximum absolute atomic E-state index is 12.8. The zero-order valence-electron chi connectivity index (χ0n) is 18.1. The summed E-state index contributed by atoms with van der Waals surface area (Å²) in [6.45, 7) is 1.52. The molecule has 1 atom stereocenters. The molecule has 0 radical (unpaired) electrons. The molecule has 7 heteroatoms. The molecule has 0 saturated carbocycles. The van der Waals surface area contributed by atoms with Crippen molar-refractivity contribution >= 4 is 21.6 Å². The van der Waals surface area contributed by atoms with Crippen molar-refractivity contribution in [2.75, 3.05) is 20.8 Å². The number of hydrogen-bond donors (Lipinski definition) is 1. The molecule has 0 amide bonds. The fourth-order valence-electron chi connectivity index (χ4n) is 4.46. The minimum atomic E-state index is -0.0851. The van der Waals surface area contributed by atoms with E-state index in [0.717, 1.165) is 51.7 Å². The minimum absolute atomic E-state index is 0.0851. The topological polar surface area (TPSA) is 67.5 Å². The second-order valence-electron chi connectivity index (χ2n) is 7.94. The molecule has 3 heterocycles. The number of benzene rings is 2. The molecule has 0 aliphatic carbocycles. The minimum Gasteiger partial charge on any atom is -0.497 e. The molecule has 1 N–H and O–H groups in total. The predicted octanol–water partition coefficient (Wildman–Crippen LogP) is 5.01. The van der Waals surface area contributed by atoms with Crippen LogP contribution in [0.2, 0.25) is 0 Å². The molecule has 5 rings (SSSR count). The van der Waals surface area contributed by atoms with Crippen LogP contribution >= 0.6 is 11.3 Å². The number of nitrogens with zero attached hydrogens (tertiary/aromatic N) is 2. The Morgan fingerprint density at radius 1 is 1.12 bits per heavy atom. The van der Waals surface area contributed by atoms with Gasteiger partial charge in [0.25, 0.3) is 5.56 Å². The molecule has 0 spiro atoms. The SMILES string of the molecule is COc1ccc(OC)c([C@H]2CCCN2Cc2nc3sc(-c4ccccc4)cc3c(=O)[nH]2)c1. The van der Waals surface area contributed by atoms with Crippen LogP contribution in [0.4, 0.5) is 0 Å². The Labute approximate surface area is 190 Å². The summed E-state index contributed by atoms with van der Waals surface area (Å²) in [6, 6.07) is 18.1. The van der Waals surface area contributed by atoms with Crippen LogP contribution in [0.15, 0.2) is 59.4 Å². The average Bonchev–Trinajstić information content (AvgIpc) is 3.46. The number of ether oxygens (including phenoxy) is 2. The van der Waals surface area contributed by atoms with Crippen molar-refractivity contribution in [3.8, 4) is 21.9 Å². The Morgan fingerprint density at radius 3 is 2.75 bits per heavy atom. The first-order valence-electron chi connectivity index (χ1n) is 10.7. The van der Waals surface area contributed by atoms with Gasteiger partial charge in [0.05, 0.1) is 26.2 Å². The molecule has 2 aromatic carbocycles. The molecule has 1 saturated heterocycles. The number of rotatable bonds is 6. The lowest BCUT2D eigenvalue weighted by Crippen LogP contribution is -2.25. The van der Waals surface area contributed by atoms with Gasteiger partial charge in [0.2, 0.25) is 0 Å². The molecular weight excluding hydrogens is 422 g/mol. The quantitative estimate of drug-likeness (QED) is 0.450.